The molecule has 0 saturated heterocycles. The van der Waals surface area contributed by atoms with Crippen LogP contribution < -0.4 is 0 Å². The maximum absolute atomic E-state index is 8.58. The number of halogens is 1. The summed E-state index contributed by atoms with van der Waals surface area (Å²) in [5.74, 6) is 0.536. The standard InChI is InChI=1S/C12H24INOSi/c1-12(2,3)16(4,5)15-10-11(9-13)7-6-8-14/h11H,6-7,9-10H2,1-5H3. The molecule has 0 aliphatic rings. The Morgan fingerprint density at radius 3 is 2.31 bits per heavy atom. The first-order valence-electron chi connectivity index (χ1n) is 5.81. The van der Waals surface area contributed by atoms with Crippen LogP contribution in [0.15, 0.2) is 0 Å². The lowest BCUT2D eigenvalue weighted by molar-refractivity contribution is 0.236. The van der Waals surface area contributed by atoms with E-state index in [-0.39, 0.29) is 5.04 Å². The van der Waals surface area contributed by atoms with E-state index < -0.39 is 8.32 Å². The third-order valence-corrected chi connectivity index (χ3v) is 9.12. The van der Waals surface area contributed by atoms with Gasteiger partial charge in [-0.25, -0.2) is 0 Å². The SMILES string of the molecule is CC(C)(C)[Si](C)(C)OCC(CI)CCC#N. The van der Waals surface area contributed by atoms with Gasteiger partial charge >= 0.3 is 0 Å². The van der Waals surface area contributed by atoms with Gasteiger partial charge in [0, 0.05) is 17.5 Å². The number of nitriles is 1. The van der Waals surface area contributed by atoms with E-state index in [1.807, 2.05) is 0 Å². The fraction of sp³-hybridized carbons (Fsp3) is 0.917. The summed E-state index contributed by atoms with van der Waals surface area (Å²) in [6.45, 7) is 12.2. The molecule has 0 N–H and O–H groups in total. The minimum Gasteiger partial charge on any atom is -0.417 e. The second-order valence-electron chi connectivity index (χ2n) is 5.79. The lowest BCUT2D eigenvalue weighted by Gasteiger charge is -2.37. The Hall–Kier alpha value is 0.397. The van der Waals surface area contributed by atoms with E-state index in [4.69, 9.17) is 9.69 Å². The summed E-state index contributed by atoms with van der Waals surface area (Å²) in [5, 5.41) is 8.86. The number of hydrogen-bond acceptors (Lipinski definition) is 2. The molecule has 0 aromatic heterocycles. The quantitative estimate of drug-likeness (QED) is 0.404. The Labute approximate surface area is 115 Å². The Balaban J connectivity index is 4.16. The van der Waals surface area contributed by atoms with Crippen LogP contribution in [0, 0.1) is 17.2 Å². The van der Waals surface area contributed by atoms with E-state index in [9.17, 15) is 0 Å². The molecule has 16 heavy (non-hydrogen) atoms. The predicted molar refractivity (Wildman–Crippen MR) is 80.4 cm³/mol. The lowest BCUT2D eigenvalue weighted by atomic mass is 10.1. The van der Waals surface area contributed by atoms with Crippen LogP contribution in [0.3, 0.4) is 0 Å². The molecule has 0 fully saturated rings. The molecule has 0 spiro atoms. The van der Waals surface area contributed by atoms with Gasteiger partial charge in [-0.15, -0.1) is 0 Å². The second-order valence-corrected chi connectivity index (χ2v) is 11.5. The van der Waals surface area contributed by atoms with Crippen LogP contribution in [0.25, 0.3) is 0 Å². The molecule has 0 aromatic rings. The Morgan fingerprint density at radius 1 is 1.38 bits per heavy atom. The number of hydrogen-bond donors (Lipinski definition) is 0. The summed E-state index contributed by atoms with van der Waals surface area (Å²) in [6, 6.07) is 2.21. The maximum Gasteiger partial charge on any atom is 0.191 e. The highest BCUT2D eigenvalue weighted by Gasteiger charge is 2.37. The molecule has 0 aliphatic heterocycles. The Morgan fingerprint density at radius 2 is 1.94 bits per heavy atom. The van der Waals surface area contributed by atoms with Gasteiger partial charge in [-0.2, -0.15) is 5.26 Å². The highest BCUT2D eigenvalue weighted by molar-refractivity contribution is 14.1. The normalized spacial score (nSPS) is 14.6. The van der Waals surface area contributed by atoms with E-state index in [0.29, 0.717) is 12.3 Å². The van der Waals surface area contributed by atoms with E-state index in [1.165, 1.54) is 0 Å². The molecule has 0 aromatic carbocycles. The van der Waals surface area contributed by atoms with Gasteiger partial charge in [-0.3, -0.25) is 0 Å². The van der Waals surface area contributed by atoms with Crippen molar-refractivity contribution in [3.8, 4) is 6.07 Å². The molecule has 0 heterocycles. The molecule has 94 valence electrons. The van der Waals surface area contributed by atoms with Crippen molar-refractivity contribution in [1.82, 2.24) is 0 Å². The fourth-order valence-electron chi connectivity index (χ4n) is 1.02. The van der Waals surface area contributed by atoms with Gasteiger partial charge < -0.3 is 4.43 Å². The number of nitrogens with zero attached hydrogens (tertiary/aromatic N) is 1. The molecule has 0 bridgehead atoms. The van der Waals surface area contributed by atoms with Crippen LogP contribution in [0.4, 0.5) is 0 Å². The van der Waals surface area contributed by atoms with Crippen LogP contribution in [-0.2, 0) is 4.43 Å². The van der Waals surface area contributed by atoms with Gasteiger partial charge in [0.1, 0.15) is 0 Å². The third-order valence-electron chi connectivity index (χ3n) is 3.37. The highest BCUT2D eigenvalue weighted by atomic mass is 127. The molecule has 0 radical (unpaired) electrons. The topological polar surface area (TPSA) is 33.0 Å². The Bertz CT molecular complexity index is 242. The molecular formula is C12H24INOSi. The zero-order chi connectivity index (χ0) is 12.8. The third kappa shape index (κ3) is 5.64. The molecule has 1 atom stereocenters. The molecule has 4 heteroatoms. The fourth-order valence-corrected chi connectivity index (χ4v) is 2.80. The van der Waals surface area contributed by atoms with Gasteiger partial charge in [0.05, 0.1) is 6.07 Å². The summed E-state index contributed by atoms with van der Waals surface area (Å²) >= 11 is 2.39. The van der Waals surface area contributed by atoms with Crippen molar-refractivity contribution in [1.29, 1.82) is 5.26 Å². The molecule has 1 unspecified atom stereocenters. The van der Waals surface area contributed by atoms with Crippen molar-refractivity contribution in [2.75, 3.05) is 11.0 Å². The van der Waals surface area contributed by atoms with Gasteiger partial charge in [-0.1, -0.05) is 43.4 Å². The summed E-state index contributed by atoms with van der Waals surface area (Å²) in [4.78, 5) is 0. The van der Waals surface area contributed by atoms with Crippen LogP contribution >= 0.6 is 22.6 Å². The van der Waals surface area contributed by atoms with Crippen molar-refractivity contribution < 1.29 is 4.43 Å². The average Bonchev–Trinajstić information content (AvgIpc) is 2.16. The minimum absolute atomic E-state index is 0.276. The minimum atomic E-state index is -1.61. The first-order valence-corrected chi connectivity index (χ1v) is 10.2. The summed E-state index contributed by atoms with van der Waals surface area (Å²) < 4.78 is 7.25. The van der Waals surface area contributed by atoms with Crippen LogP contribution in [0.1, 0.15) is 33.6 Å². The largest absolute Gasteiger partial charge is 0.417 e. The van der Waals surface area contributed by atoms with Crippen molar-refractivity contribution in [3.05, 3.63) is 0 Å². The molecule has 0 amide bonds. The van der Waals surface area contributed by atoms with Crippen LogP contribution in [0.5, 0.6) is 0 Å². The Kier molecular flexibility index (Phi) is 7.14. The molecule has 0 saturated carbocycles. The number of alkyl halides is 1. The van der Waals surface area contributed by atoms with Crippen LogP contribution in [0.2, 0.25) is 18.1 Å². The van der Waals surface area contributed by atoms with E-state index in [0.717, 1.165) is 17.5 Å². The summed E-state index contributed by atoms with van der Waals surface area (Å²) in [7, 11) is -1.61. The van der Waals surface area contributed by atoms with Gasteiger partial charge in [0.15, 0.2) is 8.32 Å². The van der Waals surface area contributed by atoms with Crippen molar-refractivity contribution in [2.24, 2.45) is 5.92 Å². The maximum atomic E-state index is 8.58. The zero-order valence-corrected chi connectivity index (χ0v) is 14.3. The first kappa shape index (κ1) is 16.4. The summed E-state index contributed by atoms with van der Waals surface area (Å²) in [6.07, 6.45) is 1.61. The molecule has 0 aliphatic carbocycles. The van der Waals surface area contributed by atoms with E-state index in [1.54, 1.807) is 0 Å². The predicted octanol–water partition coefficient (Wildman–Crippen LogP) is 4.36. The molecule has 2 nitrogen and oxygen atoms in total. The monoisotopic (exact) mass is 353 g/mol. The second kappa shape index (κ2) is 6.97. The number of rotatable bonds is 6. The van der Waals surface area contributed by atoms with Gasteiger partial charge in [0.2, 0.25) is 0 Å². The van der Waals surface area contributed by atoms with Gasteiger partial charge in [0.25, 0.3) is 0 Å². The summed E-state index contributed by atoms with van der Waals surface area (Å²) in [5.41, 5.74) is 0. The van der Waals surface area contributed by atoms with Crippen molar-refractivity contribution >= 4 is 30.9 Å². The smallest absolute Gasteiger partial charge is 0.191 e. The van der Waals surface area contributed by atoms with Crippen molar-refractivity contribution in [2.45, 2.75) is 51.7 Å². The van der Waals surface area contributed by atoms with Gasteiger partial charge in [-0.05, 0) is 30.5 Å². The zero-order valence-electron chi connectivity index (χ0n) is 11.1. The molecular weight excluding hydrogens is 329 g/mol. The average molecular weight is 353 g/mol. The lowest BCUT2D eigenvalue weighted by Crippen LogP contribution is -2.42. The highest BCUT2D eigenvalue weighted by Crippen LogP contribution is 2.36. The molecule has 0 rings (SSSR count). The van der Waals surface area contributed by atoms with E-state index in [2.05, 4.69) is 62.5 Å². The first-order chi connectivity index (χ1) is 7.24. The van der Waals surface area contributed by atoms with Crippen molar-refractivity contribution in [3.63, 3.8) is 0 Å². The van der Waals surface area contributed by atoms with E-state index >= 15 is 0 Å². The van der Waals surface area contributed by atoms with Crippen LogP contribution in [-0.4, -0.2) is 19.4 Å².